The Labute approximate surface area is 102 Å². The van der Waals surface area contributed by atoms with Crippen molar-refractivity contribution in [2.45, 2.75) is 25.3 Å². The molecule has 1 fully saturated rings. The maximum atomic E-state index is 3.55. The van der Waals surface area contributed by atoms with E-state index < -0.39 is 0 Å². The highest BCUT2D eigenvalue weighted by Crippen LogP contribution is 2.21. The van der Waals surface area contributed by atoms with E-state index in [9.17, 15) is 0 Å². The predicted molar refractivity (Wildman–Crippen MR) is 70.3 cm³/mol. The minimum Gasteiger partial charge on any atom is -0.361 e. The molecule has 1 saturated heterocycles. The number of fused-ring (bicyclic) bond motifs is 1. The van der Waals surface area contributed by atoms with Crippen LogP contribution < -0.4 is 5.32 Å². The first kappa shape index (κ1) is 11.5. The molecule has 16 heavy (non-hydrogen) atoms. The SMILES string of the molecule is Cl.c1ccc2c(C[C@H]3CCCN3)c[nH]c2c1. The molecule has 0 bridgehead atoms. The number of hydrogen-bond donors (Lipinski definition) is 2. The van der Waals surface area contributed by atoms with Crippen LogP contribution in [-0.4, -0.2) is 17.6 Å². The summed E-state index contributed by atoms with van der Waals surface area (Å²) in [7, 11) is 0. The summed E-state index contributed by atoms with van der Waals surface area (Å²) in [5, 5.41) is 4.93. The molecule has 2 N–H and O–H groups in total. The van der Waals surface area contributed by atoms with Crippen LogP contribution in [0.5, 0.6) is 0 Å². The fourth-order valence-corrected chi connectivity index (χ4v) is 2.50. The van der Waals surface area contributed by atoms with E-state index in [1.807, 2.05) is 0 Å². The highest BCUT2D eigenvalue weighted by molar-refractivity contribution is 5.85. The van der Waals surface area contributed by atoms with Crippen LogP contribution in [0, 0.1) is 0 Å². The average Bonchev–Trinajstić information content (AvgIpc) is 2.89. The minimum atomic E-state index is 0. The maximum absolute atomic E-state index is 3.55. The summed E-state index contributed by atoms with van der Waals surface area (Å²) in [6.45, 7) is 1.19. The number of para-hydroxylation sites is 1. The topological polar surface area (TPSA) is 27.8 Å². The van der Waals surface area contributed by atoms with E-state index in [1.165, 1.54) is 35.9 Å². The largest absolute Gasteiger partial charge is 0.361 e. The van der Waals surface area contributed by atoms with Crippen molar-refractivity contribution in [3.05, 3.63) is 36.0 Å². The summed E-state index contributed by atoms with van der Waals surface area (Å²) in [5.41, 5.74) is 2.70. The third-order valence-corrected chi connectivity index (χ3v) is 3.30. The predicted octanol–water partition coefficient (Wildman–Crippen LogP) is 2.88. The molecule has 1 aliphatic heterocycles. The van der Waals surface area contributed by atoms with Crippen molar-refractivity contribution in [1.29, 1.82) is 0 Å². The van der Waals surface area contributed by atoms with Gasteiger partial charge in [-0.1, -0.05) is 18.2 Å². The third-order valence-electron chi connectivity index (χ3n) is 3.30. The summed E-state index contributed by atoms with van der Waals surface area (Å²) in [4.78, 5) is 3.33. The fourth-order valence-electron chi connectivity index (χ4n) is 2.50. The molecule has 0 aliphatic carbocycles. The number of nitrogens with one attached hydrogen (secondary N) is 2. The molecule has 2 nitrogen and oxygen atoms in total. The summed E-state index contributed by atoms with van der Waals surface area (Å²) in [6.07, 6.45) is 5.96. The van der Waals surface area contributed by atoms with Gasteiger partial charge in [0.05, 0.1) is 0 Å². The van der Waals surface area contributed by atoms with Gasteiger partial charge in [-0.15, -0.1) is 12.4 Å². The first-order chi connectivity index (χ1) is 7.43. The Kier molecular flexibility index (Phi) is 3.52. The van der Waals surface area contributed by atoms with Gasteiger partial charge in [0.1, 0.15) is 0 Å². The van der Waals surface area contributed by atoms with Crippen LogP contribution in [0.15, 0.2) is 30.5 Å². The van der Waals surface area contributed by atoms with Crippen molar-refractivity contribution in [3.63, 3.8) is 0 Å². The summed E-state index contributed by atoms with van der Waals surface area (Å²) < 4.78 is 0. The third kappa shape index (κ3) is 2.08. The molecule has 2 heterocycles. The standard InChI is InChI=1S/C13H16N2.ClH/c1-2-6-13-12(5-1)10(9-15-13)8-11-4-3-7-14-11;/h1-2,5-6,9,11,14-15H,3-4,7-8H2;1H/t11-;/m1./s1. The Morgan fingerprint density at radius 1 is 1.25 bits per heavy atom. The van der Waals surface area contributed by atoms with E-state index in [4.69, 9.17) is 0 Å². The van der Waals surface area contributed by atoms with E-state index in [2.05, 4.69) is 40.8 Å². The second-order valence-electron chi connectivity index (χ2n) is 4.36. The van der Waals surface area contributed by atoms with Crippen LogP contribution >= 0.6 is 12.4 Å². The average molecular weight is 237 g/mol. The molecule has 1 aromatic carbocycles. The summed E-state index contributed by atoms with van der Waals surface area (Å²) in [6, 6.07) is 9.22. The first-order valence-corrected chi connectivity index (χ1v) is 5.72. The van der Waals surface area contributed by atoms with Gasteiger partial charge in [0.15, 0.2) is 0 Å². The summed E-state index contributed by atoms with van der Waals surface area (Å²) >= 11 is 0. The first-order valence-electron chi connectivity index (χ1n) is 5.72. The molecule has 0 spiro atoms. The molecule has 0 saturated carbocycles. The lowest BCUT2D eigenvalue weighted by Gasteiger charge is -2.08. The molecule has 2 aromatic rings. The van der Waals surface area contributed by atoms with Crippen LogP contribution in [0.3, 0.4) is 0 Å². The number of halogens is 1. The molecule has 1 atom stereocenters. The number of H-pyrrole nitrogens is 1. The van der Waals surface area contributed by atoms with E-state index >= 15 is 0 Å². The van der Waals surface area contributed by atoms with Crippen LogP contribution in [0.2, 0.25) is 0 Å². The number of aromatic amines is 1. The zero-order valence-electron chi connectivity index (χ0n) is 9.20. The second kappa shape index (κ2) is 4.89. The fraction of sp³-hybridized carbons (Fsp3) is 0.385. The number of hydrogen-bond acceptors (Lipinski definition) is 1. The molecular weight excluding hydrogens is 220 g/mol. The normalized spacial score (nSPS) is 19.9. The number of benzene rings is 1. The van der Waals surface area contributed by atoms with E-state index in [0.717, 1.165) is 6.42 Å². The van der Waals surface area contributed by atoms with E-state index in [0.29, 0.717) is 6.04 Å². The van der Waals surface area contributed by atoms with Crippen LogP contribution in [-0.2, 0) is 6.42 Å². The van der Waals surface area contributed by atoms with Crippen LogP contribution in [0.1, 0.15) is 18.4 Å². The van der Waals surface area contributed by atoms with Gasteiger partial charge < -0.3 is 10.3 Å². The number of aromatic nitrogens is 1. The van der Waals surface area contributed by atoms with Crippen molar-refractivity contribution >= 4 is 23.3 Å². The van der Waals surface area contributed by atoms with Crippen molar-refractivity contribution < 1.29 is 0 Å². The second-order valence-corrected chi connectivity index (χ2v) is 4.36. The molecule has 0 unspecified atom stereocenters. The highest BCUT2D eigenvalue weighted by atomic mass is 35.5. The van der Waals surface area contributed by atoms with Crippen LogP contribution in [0.4, 0.5) is 0 Å². The molecule has 0 amide bonds. The van der Waals surface area contributed by atoms with Crippen LogP contribution in [0.25, 0.3) is 10.9 Å². The summed E-state index contributed by atoms with van der Waals surface area (Å²) in [5.74, 6) is 0. The smallest absolute Gasteiger partial charge is 0.0456 e. The Morgan fingerprint density at radius 2 is 2.12 bits per heavy atom. The van der Waals surface area contributed by atoms with Gasteiger partial charge in [0.2, 0.25) is 0 Å². The van der Waals surface area contributed by atoms with Crippen molar-refractivity contribution in [1.82, 2.24) is 10.3 Å². The molecular formula is C13H17ClN2. The Balaban J connectivity index is 0.000000963. The zero-order valence-corrected chi connectivity index (χ0v) is 10.0. The van der Waals surface area contributed by atoms with Crippen molar-refractivity contribution in [2.24, 2.45) is 0 Å². The lowest BCUT2D eigenvalue weighted by atomic mass is 10.0. The van der Waals surface area contributed by atoms with Gasteiger partial charge in [-0.25, -0.2) is 0 Å². The van der Waals surface area contributed by atoms with Gasteiger partial charge in [0.25, 0.3) is 0 Å². The van der Waals surface area contributed by atoms with Gasteiger partial charge >= 0.3 is 0 Å². The molecule has 0 radical (unpaired) electrons. The Bertz CT molecular complexity index is 458. The van der Waals surface area contributed by atoms with E-state index in [1.54, 1.807) is 0 Å². The lowest BCUT2D eigenvalue weighted by molar-refractivity contribution is 0.605. The molecule has 3 heteroatoms. The van der Waals surface area contributed by atoms with Gasteiger partial charge in [0, 0.05) is 23.1 Å². The molecule has 3 rings (SSSR count). The van der Waals surface area contributed by atoms with Crippen molar-refractivity contribution in [2.75, 3.05) is 6.54 Å². The van der Waals surface area contributed by atoms with Gasteiger partial charge in [-0.05, 0) is 37.4 Å². The molecule has 1 aliphatic rings. The quantitative estimate of drug-likeness (QED) is 0.825. The maximum Gasteiger partial charge on any atom is 0.0456 e. The highest BCUT2D eigenvalue weighted by Gasteiger charge is 2.15. The lowest BCUT2D eigenvalue weighted by Crippen LogP contribution is -2.23. The minimum absolute atomic E-state index is 0. The molecule has 86 valence electrons. The van der Waals surface area contributed by atoms with Crippen molar-refractivity contribution in [3.8, 4) is 0 Å². The monoisotopic (exact) mass is 236 g/mol. The number of rotatable bonds is 2. The zero-order chi connectivity index (χ0) is 10.1. The molecule has 1 aromatic heterocycles. The van der Waals surface area contributed by atoms with Gasteiger partial charge in [-0.2, -0.15) is 0 Å². The van der Waals surface area contributed by atoms with E-state index in [-0.39, 0.29) is 12.4 Å². The van der Waals surface area contributed by atoms with Gasteiger partial charge in [-0.3, -0.25) is 0 Å². The Morgan fingerprint density at radius 3 is 2.94 bits per heavy atom. The Hall–Kier alpha value is -0.990.